The van der Waals surface area contributed by atoms with Gasteiger partial charge in [-0.1, -0.05) is 12.1 Å². The number of aryl methyl sites for hydroxylation is 2. The third kappa shape index (κ3) is 3.24. The monoisotopic (exact) mass is 301 g/mol. The third-order valence-corrected chi connectivity index (χ3v) is 4.46. The summed E-state index contributed by atoms with van der Waals surface area (Å²) in [7, 11) is 0. The average Bonchev–Trinajstić information content (AvgIpc) is 2.95. The van der Waals surface area contributed by atoms with E-state index in [-0.39, 0.29) is 6.03 Å². The minimum Gasteiger partial charge on any atom is -0.338 e. The van der Waals surface area contributed by atoms with Crippen LogP contribution in [-0.2, 0) is 12.8 Å². The maximum Gasteiger partial charge on any atom is 0.321 e. The van der Waals surface area contributed by atoms with Crippen molar-refractivity contribution in [2.75, 3.05) is 11.9 Å². The minimum atomic E-state index is -0.205. The average molecular weight is 301 g/mol. The summed E-state index contributed by atoms with van der Waals surface area (Å²) in [5.41, 5.74) is 4.99. The third-order valence-electron chi connectivity index (χ3n) is 3.71. The number of thiazole rings is 1. The van der Waals surface area contributed by atoms with Crippen LogP contribution < -0.4 is 10.6 Å². The van der Waals surface area contributed by atoms with Crippen LogP contribution in [0.2, 0.25) is 0 Å². The Bertz CT molecular complexity index is 651. The van der Waals surface area contributed by atoms with Crippen molar-refractivity contribution >= 4 is 22.5 Å². The molecule has 0 atom stereocenters. The molecule has 0 aliphatic heterocycles. The van der Waals surface area contributed by atoms with Crippen LogP contribution in [0.4, 0.5) is 9.93 Å². The lowest BCUT2D eigenvalue weighted by atomic mass is 9.90. The first-order valence-electron chi connectivity index (χ1n) is 7.39. The summed E-state index contributed by atoms with van der Waals surface area (Å²) in [6.45, 7) is 2.49. The number of carbonyl (C=O) groups is 1. The van der Waals surface area contributed by atoms with E-state index < -0.39 is 0 Å². The fraction of sp³-hybridized carbons (Fsp3) is 0.375. The summed E-state index contributed by atoms with van der Waals surface area (Å²) in [6.07, 6.45) is 4.93. The van der Waals surface area contributed by atoms with Crippen LogP contribution in [-0.4, -0.2) is 17.6 Å². The Morgan fingerprint density at radius 1 is 1.29 bits per heavy atom. The first-order chi connectivity index (χ1) is 10.3. The van der Waals surface area contributed by atoms with E-state index in [1.165, 1.54) is 41.7 Å². The highest BCUT2D eigenvalue weighted by Crippen LogP contribution is 2.29. The zero-order chi connectivity index (χ0) is 14.7. The summed E-state index contributed by atoms with van der Waals surface area (Å²) in [4.78, 5) is 16.0. The predicted octanol–water partition coefficient (Wildman–Crippen LogP) is 3.83. The van der Waals surface area contributed by atoms with Gasteiger partial charge in [-0.2, -0.15) is 0 Å². The number of urea groups is 1. The maximum absolute atomic E-state index is 11.5. The molecule has 21 heavy (non-hydrogen) atoms. The van der Waals surface area contributed by atoms with E-state index >= 15 is 0 Å². The van der Waals surface area contributed by atoms with Crippen LogP contribution in [0, 0.1) is 0 Å². The molecule has 1 aliphatic rings. The number of benzene rings is 1. The molecule has 1 aromatic carbocycles. The molecular formula is C16H19N3OS. The molecule has 2 N–H and O–H groups in total. The van der Waals surface area contributed by atoms with Crippen LogP contribution in [0.3, 0.4) is 0 Å². The van der Waals surface area contributed by atoms with Gasteiger partial charge in [0.2, 0.25) is 0 Å². The zero-order valence-electron chi connectivity index (χ0n) is 12.1. The van der Waals surface area contributed by atoms with Crippen LogP contribution in [0.5, 0.6) is 0 Å². The molecule has 0 unspecified atom stereocenters. The molecule has 0 fully saturated rings. The van der Waals surface area contributed by atoms with Gasteiger partial charge in [0.25, 0.3) is 0 Å². The van der Waals surface area contributed by atoms with Crippen molar-refractivity contribution in [3.05, 3.63) is 34.7 Å². The van der Waals surface area contributed by atoms with Crippen molar-refractivity contribution in [1.82, 2.24) is 10.3 Å². The van der Waals surface area contributed by atoms with Crippen molar-refractivity contribution in [3.8, 4) is 11.3 Å². The van der Waals surface area contributed by atoms with E-state index in [9.17, 15) is 4.79 Å². The highest BCUT2D eigenvalue weighted by atomic mass is 32.1. The Labute approximate surface area is 128 Å². The van der Waals surface area contributed by atoms with Crippen molar-refractivity contribution in [3.63, 3.8) is 0 Å². The normalized spacial score (nSPS) is 13.6. The topological polar surface area (TPSA) is 54.0 Å². The van der Waals surface area contributed by atoms with E-state index in [1.807, 2.05) is 12.3 Å². The highest BCUT2D eigenvalue weighted by molar-refractivity contribution is 7.14. The van der Waals surface area contributed by atoms with Gasteiger partial charge in [0.1, 0.15) is 0 Å². The largest absolute Gasteiger partial charge is 0.338 e. The number of carbonyl (C=O) groups excluding carboxylic acids is 1. The molecule has 2 aromatic rings. The fourth-order valence-corrected chi connectivity index (χ4v) is 3.37. The molecule has 0 bridgehead atoms. The lowest BCUT2D eigenvalue weighted by Crippen LogP contribution is -2.28. The van der Waals surface area contributed by atoms with Crippen LogP contribution in [0.15, 0.2) is 23.6 Å². The Hall–Kier alpha value is -1.88. The van der Waals surface area contributed by atoms with E-state index in [4.69, 9.17) is 0 Å². The fourth-order valence-electron chi connectivity index (χ4n) is 2.66. The molecular weight excluding hydrogens is 282 g/mol. The molecule has 0 saturated heterocycles. The number of aromatic nitrogens is 1. The van der Waals surface area contributed by atoms with Gasteiger partial charge in [-0.05, 0) is 49.8 Å². The van der Waals surface area contributed by atoms with Gasteiger partial charge >= 0.3 is 6.03 Å². The number of anilines is 1. The molecule has 0 spiro atoms. The van der Waals surface area contributed by atoms with Gasteiger partial charge < -0.3 is 5.32 Å². The van der Waals surface area contributed by atoms with Gasteiger partial charge in [-0.3, -0.25) is 5.32 Å². The smallest absolute Gasteiger partial charge is 0.321 e. The lowest BCUT2D eigenvalue weighted by Gasteiger charge is -2.16. The van der Waals surface area contributed by atoms with E-state index in [0.29, 0.717) is 11.7 Å². The van der Waals surface area contributed by atoms with Gasteiger partial charge in [-0.15, -0.1) is 11.3 Å². The summed E-state index contributed by atoms with van der Waals surface area (Å²) in [5.74, 6) is 0. The Morgan fingerprint density at radius 2 is 2.10 bits per heavy atom. The van der Waals surface area contributed by atoms with E-state index in [2.05, 4.69) is 33.8 Å². The second-order valence-electron chi connectivity index (χ2n) is 5.21. The molecule has 4 nitrogen and oxygen atoms in total. The van der Waals surface area contributed by atoms with E-state index in [0.717, 1.165) is 17.7 Å². The molecule has 1 heterocycles. The number of nitrogens with one attached hydrogen (secondary N) is 2. The maximum atomic E-state index is 11.5. The molecule has 2 amide bonds. The highest BCUT2D eigenvalue weighted by Gasteiger charge is 2.12. The van der Waals surface area contributed by atoms with Gasteiger partial charge in [0.05, 0.1) is 5.69 Å². The first-order valence-corrected chi connectivity index (χ1v) is 8.27. The summed E-state index contributed by atoms with van der Waals surface area (Å²) in [5, 5.41) is 8.08. The van der Waals surface area contributed by atoms with Crippen molar-refractivity contribution < 1.29 is 4.79 Å². The number of nitrogens with zero attached hydrogens (tertiary/aromatic N) is 1. The van der Waals surface area contributed by atoms with Crippen molar-refractivity contribution in [2.45, 2.75) is 32.6 Å². The molecule has 110 valence electrons. The molecule has 1 aromatic heterocycles. The van der Waals surface area contributed by atoms with E-state index in [1.54, 1.807) is 0 Å². The quantitative estimate of drug-likeness (QED) is 0.905. The number of rotatable bonds is 3. The second-order valence-corrected chi connectivity index (χ2v) is 6.07. The Morgan fingerprint density at radius 3 is 2.90 bits per heavy atom. The molecule has 1 aliphatic carbocycles. The zero-order valence-corrected chi connectivity index (χ0v) is 12.9. The SMILES string of the molecule is CCNC(=O)Nc1nc(-c2ccc3c(c2)CCCC3)cs1. The van der Waals surface area contributed by atoms with Gasteiger partial charge in [0.15, 0.2) is 5.13 Å². The van der Waals surface area contributed by atoms with Crippen LogP contribution in [0.25, 0.3) is 11.3 Å². The standard InChI is InChI=1S/C16H19N3OS/c1-2-17-15(20)19-16-18-14(10-21-16)13-8-7-11-5-3-4-6-12(11)9-13/h7-10H,2-6H2,1H3,(H2,17,18,19,20). The summed E-state index contributed by atoms with van der Waals surface area (Å²) >= 11 is 1.45. The summed E-state index contributed by atoms with van der Waals surface area (Å²) in [6, 6.07) is 6.40. The number of hydrogen-bond acceptors (Lipinski definition) is 3. The molecule has 0 saturated carbocycles. The molecule has 5 heteroatoms. The van der Waals surface area contributed by atoms with Gasteiger partial charge in [0, 0.05) is 17.5 Å². The molecule has 3 rings (SSSR count). The Kier molecular flexibility index (Phi) is 4.20. The van der Waals surface area contributed by atoms with Gasteiger partial charge in [-0.25, -0.2) is 9.78 Å². The number of hydrogen-bond donors (Lipinski definition) is 2. The Balaban J connectivity index is 1.78. The van der Waals surface area contributed by atoms with Crippen molar-refractivity contribution in [1.29, 1.82) is 0 Å². The van der Waals surface area contributed by atoms with Crippen LogP contribution >= 0.6 is 11.3 Å². The first kappa shape index (κ1) is 14.1. The second kappa shape index (κ2) is 6.26. The predicted molar refractivity (Wildman–Crippen MR) is 86.9 cm³/mol. The molecule has 0 radical (unpaired) electrons. The number of fused-ring (bicyclic) bond motifs is 1. The number of amides is 2. The van der Waals surface area contributed by atoms with Crippen molar-refractivity contribution in [2.24, 2.45) is 0 Å². The van der Waals surface area contributed by atoms with Crippen LogP contribution in [0.1, 0.15) is 30.9 Å². The minimum absolute atomic E-state index is 0.205. The summed E-state index contributed by atoms with van der Waals surface area (Å²) < 4.78 is 0. The lowest BCUT2D eigenvalue weighted by molar-refractivity contribution is 0.252.